The molecular formula is C11H13F3S. The van der Waals surface area contributed by atoms with Crippen LogP contribution >= 0.6 is 11.8 Å². The Morgan fingerprint density at radius 2 is 1.53 bits per heavy atom. The van der Waals surface area contributed by atoms with Gasteiger partial charge in [-0.25, -0.2) is 13.2 Å². The number of halogens is 3. The Bertz CT molecular complexity index is 357. The lowest BCUT2D eigenvalue weighted by atomic mass is 9.99. The maximum atomic E-state index is 13.7. The first-order chi connectivity index (χ1) is 6.91. The molecule has 0 nitrogen and oxygen atoms in total. The average molecular weight is 234 g/mol. The molecule has 0 bridgehead atoms. The van der Waals surface area contributed by atoms with E-state index >= 15 is 0 Å². The third-order valence-electron chi connectivity index (χ3n) is 2.32. The second kappa shape index (κ2) is 4.47. The van der Waals surface area contributed by atoms with Crippen LogP contribution in [0.5, 0.6) is 0 Å². The van der Waals surface area contributed by atoms with Gasteiger partial charge in [0.2, 0.25) is 0 Å². The number of thioether (sulfide) groups is 1. The Kier molecular flexibility index (Phi) is 3.71. The summed E-state index contributed by atoms with van der Waals surface area (Å²) in [6, 6.07) is 0. The van der Waals surface area contributed by atoms with Crippen LogP contribution in [0.25, 0.3) is 0 Å². The highest BCUT2D eigenvalue weighted by Crippen LogP contribution is 2.33. The van der Waals surface area contributed by atoms with E-state index in [0.717, 1.165) is 11.8 Å². The molecule has 0 fully saturated rings. The van der Waals surface area contributed by atoms with Crippen molar-refractivity contribution in [2.45, 2.75) is 31.6 Å². The molecule has 0 heterocycles. The van der Waals surface area contributed by atoms with E-state index < -0.39 is 17.5 Å². The lowest BCUT2D eigenvalue weighted by Gasteiger charge is -2.14. The fourth-order valence-electron chi connectivity index (χ4n) is 1.53. The van der Waals surface area contributed by atoms with Gasteiger partial charge < -0.3 is 0 Å². The number of benzene rings is 1. The topological polar surface area (TPSA) is 0 Å². The van der Waals surface area contributed by atoms with Crippen LogP contribution in [0.1, 0.15) is 30.9 Å². The Morgan fingerprint density at radius 3 is 1.93 bits per heavy atom. The number of rotatable bonds is 2. The van der Waals surface area contributed by atoms with Gasteiger partial charge in [-0.2, -0.15) is 0 Å². The Labute approximate surface area is 91.9 Å². The zero-order chi connectivity index (χ0) is 11.7. The van der Waals surface area contributed by atoms with E-state index in [9.17, 15) is 13.2 Å². The molecule has 0 aliphatic heterocycles. The second-order valence-corrected chi connectivity index (χ2v) is 4.49. The van der Waals surface area contributed by atoms with Crippen molar-refractivity contribution in [1.82, 2.24) is 0 Å². The lowest BCUT2D eigenvalue weighted by Crippen LogP contribution is -2.06. The van der Waals surface area contributed by atoms with Gasteiger partial charge in [-0.15, -0.1) is 11.8 Å². The SMILES string of the molecule is CSc1c(C)c(F)c(C(C)C)c(F)c1F. The predicted octanol–water partition coefficient (Wildman–Crippen LogP) is 4.26. The van der Waals surface area contributed by atoms with Gasteiger partial charge in [0, 0.05) is 11.1 Å². The Hall–Kier alpha value is -0.640. The number of hydrogen-bond donors (Lipinski definition) is 0. The summed E-state index contributed by atoms with van der Waals surface area (Å²) in [5.41, 5.74) is 0.0212. The molecule has 4 heteroatoms. The van der Waals surface area contributed by atoms with E-state index in [4.69, 9.17) is 0 Å². The minimum atomic E-state index is -1.06. The monoisotopic (exact) mass is 234 g/mol. The number of hydrogen-bond acceptors (Lipinski definition) is 1. The largest absolute Gasteiger partial charge is 0.206 e. The van der Waals surface area contributed by atoms with Crippen LogP contribution in [0, 0.1) is 24.4 Å². The van der Waals surface area contributed by atoms with Crippen molar-refractivity contribution < 1.29 is 13.2 Å². The molecule has 0 unspecified atom stereocenters. The summed E-state index contributed by atoms with van der Waals surface area (Å²) >= 11 is 1.02. The smallest absolute Gasteiger partial charge is 0.173 e. The normalized spacial score (nSPS) is 11.2. The zero-order valence-electron chi connectivity index (χ0n) is 9.12. The van der Waals surface area contributed by atoms with Crippen LogP contribution in [-0.2, 0) is 0 Å². The zero-order valence-corrected chi connectivity index (χ0v) is 9.94. The van der Waals surface area contributed by atoms with Crippen molar-refractivity contribution in [3.63, 3.8) is 0 Å². The van der Waals surface area contributed by atoms with Crippen molar-refractivity contribution >= 4 is 11.8 Å². The molecule has 0 saturated carbocycles. The quantitative estimate of drug-likeness (QED) is 0.544. The third-order valence-corrected chi connectivity index (χ3v) is 3.21. The van der Waals surface area contributed by atoms with Crippen molar-refractivity contribution in [3.8, 4) is 0 Å². The van der Waals surface area contributed by atoms with Crippen LogP contribution in [0.15, 0.2) is 4.90 Å². The standard InChI is InChI=1S/C11H13F3S/c1-5(2)7-8(12)6(3)11(15-4)10(14)9(7)13/h5H,1-4H3. The molecule has 84 valence electrons. The highest BCUT2D eigenvalue weighted by molar-refractivity contribution is 7.98. The van der Waals surface area contributed by atoms with Gasteiger partial charge in [-0.1, -0.05) is 13.8 Å². The van der Waals surface area contributed by atoms with E-state index in [2.05, 4.69) is 0 Å². The molecule has 0 aliphatic carbocycles. The molecule has 0 spiro atoms. The minimum Gasteiger partial charge on any atom is -0.206 e. The van der Waals surface area contributed by atoms with Gasteiger partial charge in [0.05, 0.1) is 4.90 Å². The first-order valence-electron chi connectivity index (χ1n) is 4.62. The highest BCUT2D eigenvalue weighted by Gasteiger charge is 2.23. The molecule has 0 amide bonds. The molecule has 0 atom stereocenters. The molecular weight excluding hydrogens is 221 g/mol. The summed E-state index contributed by atoms with van der Waals surface area (Å²) in [4.78, 5) is 0.0504. The molecule has 1 aromatic rings. The summed E-state index contributed by atoms with van der Waals surface area (Å²) in [5.74, 6) is -3.00. The summed E-state index contributed by atoms with van der Waals surface area (Å²) in [5, 5.41) is 0. The maximum Gasteiger partial charge on any atom is 0.173 e. The molecule has 1 rings (SSSR count). The van der Waals surface area contributed by atoms with E-state index in [1.807, 2.05) is 0 Å². The molecule has 0 saturated heterocycles. The predicted molar refractivity (Wildman–Crippen MR) is 56.9 cm³/mol. The lowest BCUT2D eigenvalue weighted by molar-refractivity contribution is 0.452. The molecule has 1 aromatic carbocycles. The first-order valence-corrected chi connectivity index (χ1v) is 5.85. The second-order valence-electron chi connectivity index (χ2n) is 3.67. The third kappa shape index (κ3) is 2.00. The van der Waals surface area contributed by atoms with E-state index in [0.29, 0.717) is 0 Å². The fourth-order valence-corrected chi connectivity index (χ4v) is 2.19. The van der Waals surface area contributed by atoms with Gasteiger partial charge in [0.25, 0.3) is 0 Å². The summed E-state index contributed by atoms with van der Waals surface area (Å²) < 4.78 is 40.7. The fraction of sp³-hybridized carbons (Fsp3) is 0.455. The summed E-state index contributed by atoms with van der Waals surface area (Å²) in [6.07, 6.45) is 1.60. The maximum absolute atomic E-state index is 13.7. The van der Waals surface area contributed by atoms with Crippen molar-refractivity contribution in [1.29, 1.82) is 0 Å². The molecule has 0 aromatic heterocycles. The molecule has 0 aliphatic rings. The van der Waals surface area contributed by atoms with Gasteiger partial charge in [-0.05, 0) is 19.1 Å². The van der Waals surface area contributed by atoms with Gasteiger partial charge in [0.15, 0.2) is 11.6 Å². The van der Waals surface area contributed by atoms with Crippen LogP contribution in [0.3, 0.4) is 0 Å². The van der Waals surface area contributed by atoms with E-state index in [1.54, 1.807) is 20.1 Å². The van der Waals surface area contributed by atoms with Crippen LogP contribution in [-0.4, -0.2) is 6.26 Å². The Morgan fingerprint density at radius 1 is 1.00 bits per heavy atom. The molecule has 0 radical (unpaired) electrons. The van der Waals surface area contributed by atoms with Gasteiger partial charge >= 0.3 is 0 Å². The molecule has 0 N–H and O–H groups in total. The average Bonchev–Trinajstić information content (AvgIpc) is 2.16. The summed E-state index contributed by atoms with van der Waals surface area (Å²) in [7, 11) is 0. The van der Waals surface area contributed by atoms with Gasteiger partial charge in [-0.3, -0.25) is 0 Å². The minimum absolute atomic E-state index is 0.0504. The first kappa shape index (κ1) is 12.4. The van der Waals surface area contributed by atoms with Crippen molar-refractivity contribution in [2.24, 2.45) is 0 Å². The van der Waals surface area contributed by atoms with Gasteiger partial charge in [0.1, 0.15) is 5.82 Å². The Balaban J connectivity index is 3.59. The van der Waals surface area contributed by atoms with E-state index in [1.165, 1.54) is 6.92 Å². The van der Waals surface area contributed by atoms with Crippen LogP contribution < -0.4 is 0 Å². The van der Waals surface area contributed by atoms with Crippen molar-refractivity contribution in [3.05, 3.63) is 28.6 Å². The van der Waals surface area contributed by atoms with Crippen LogP contribution in [0.4, 0.5) is 13.2 Å². The van der Waals surface area contributed by atoms with E-state index in [-0.39, 0.29) is 21.9 Å². The molecule has 15 heavy (non-hydrogen) atoms. The summed E-state index contributed by atoms with van der Waals surface area (Å²) in [6.45, 7) is 4.74. The van der Waals surface area contributed by atoms with Crippen LogP contribution in [0.2, 0.25) is 0 Å². The highest BCUT2D eigenvalue weighted by atomic mass is 32.2. The van der Waals surface area contributed by atoms with Crippen molar-refractivity contribution in [2.75, 3.05) is 6.26 Å².